The second kappa shape index (κ2) is 7.43. The molecule has 0 fully saturated rings. The molecule has 26 heavy (non-hydrogen) atoms. The molecule has 0 saturated heterocycles. The molecule has 132 valence electrons. The number of hydrogen-bond acceptors (Lipinski definition) is 2. The summed E-state index contributed by atoms with van der Waals surface area (Å²) in [6.45, 7) is 5.98. The number of carbonyl (C=O) groups is 1. The number of benzene rings is 3. The third-order valence-corrected chi connectivity index (χ3v) is 7.53. The van der Waals surface area contributed by atoms with E-state index in [1.807, 2.05) is 69.3 Å². The van der Waals surface area contributed by atoms with Crippen LogP contribution in [0.4, 0.5) is 0 Å². The topological polar surface area (TPSA) is 34.1 Å². The molecule has 0 aliphatic carbocycles. The maximum absolute atomic E-state index is 14.3. The Morgan fingerprint density at radius 3 is 1.81 bits per heavy atom. The minimum Gasteiger partial charge on any atom is -0.305 e. The molecule has 0 amide bonds. The van der Waals surface area contributed by atoms with Crippen LogP contribution < -0.4 is 10.6 Å². The maximum Gasteiger partial charge on any atom is 0.230 e. The lowest BCUT2D eigenvalue weighted by Crippen LogP contribution is -2.24. The quantitative estimate of drug-likeness (QED) is 0.597. The number of rotatable bonds is 5. The van der Waals surface area contributed by atoms with Gasteiger partial charge >= 0.3 is 0 Å². The standard InChI is InChI=1S/C23H23O2P/c1-4-19-16-17(2)15-18(3)22(19)23(24)26(25,20-11-7-5-8-12-20)21-13-9-6-10-14-21/h5-16H,4H2,1-3H3. The average Bonchev–Trinajstić information content (AvgIpc) is 2.67. The van der Waals surface area contributed by atoms with Crippen molar-refractivity contribution in [2.75, 3.05) is 0 Å². The first-order chi connectivity index (χ1) is 12.5. The van der Waals surface area contributed by atoms with Gasteiger partial charge in [-0.05, 0) is 31.4 Å². The van der Waals surface area contributed by atoms with Crippen molar-refractivity contribution in [3.05, 3.63) is 95.1 Å². The molecule has 0 heterocycles. The first kappa shape index (κ1) is 18.4. The van der Waals surface area contributed by atoms with Gasteiger partial charge in [0.2, 0.25) is 12.7 Å². The van der Waals surface area contributed by atoms with E-state index in [1.165, 1.54) is 0 Å². The van der Waals surface area contributed by atoms with Gasteiger partial charge < -0.3 is 4.57 Å². The fraction of sp³-hybridized carbons (Fsp3) is 0.174. The Balaban J connectivity index is 2.29. The molecule has 0 aliphatic rings. The highest BCUT2D eigenvalue weighted by molar-refractivity contribution is 7.93. The lowest BCUT2D eigenvalue weighted by atomic mass is 9.98. The van der Waals surface area contributed by atoms with Crippen LogP contribution in [0.1, 0.15) is 34.0 Å². The van der Waals surface area contributed by atoms with E-state index in [2.05, 4.69) is 0 Å². The highest BCUT2D eigenvalue weighted by atomic mass is 31.2. The third-order valence-electron chi connectivity index (χ3n) is 4.68. The van der Waals surface area contributed by atoms with E-state index in [-0.39, 0.29) is 5.52 Å². The van der Waals surface area contributed by atoms with Gasteiger partial charge in [0, 0.05) is 16.2 Å². The number of carbonyl (C=O) groups excluding carboxylic acids is 1. The molecule has 0 N–H and O–H groups in total. The lowest BCUT2D eigenvalue weighted by molar-refractivity contribution is 0.107. The maximum atomic E-state index is 14.3. The molecule has 2 nitrogen and oxygen atoms in total. The molecule has 0 bridgehead atoms. The van der Waals surface area contributed by atoms with Gasteiger partial charge in [-0.3, -0.25) is 4.79 Å². The summed E-state index contributed by atoms with van der Waals surface area (Å²) in [6, 6.07) is 22.3. The van der Waals surface area contributed by atoms with Crippen molar-refractivity contribution in [1.29, 1.82) is 0 Å². The predicted molar refractivity (Wildman–Crippen MR) is 109 cm³/mol. The minimum atomic E-state index is -3.46. The smallest absolute Gasteiger partial charge is 0.230 e. The Morgan fingerprint density at radius 2 is 1.35 bits per heavy atom. The van der Waals surface area contributed by atoms with Crippen LogP contribution in [-0.4, -0.2) is 5.52 Å². The monoisotopic (exact) mass is 362 g/mol. The summed E-state index contributed by atoms with van der Waals surface area (Å²) in [7, 11) is -3.46. The Morgan fingerprint density at radius 1 is 0.846 bits per heavy atom. The molecule has 0 aromatic heterocycles. The van der Waals surface area contributed by atoms with Crippen molar-refractivity contribution in [3.8, 4) is 0 Å². The van der Waals surface area contributed by atoms with Crippen molar-refractivity contribution < 1.29 is 9.36 Å². The van der Waals surface area contributed by atoms with E-state index in [1.54, 1.807) is 24.3 Å². The zero-order valence-corrected chi connectivity index (χ0v) is 16.3. The van der Waals surface area contributed by atoms with Gasteiger partial charge in [0.25, 0.3) is 0 Å². The molecule has 0 atom stereocenters. The first-order valence-corrected chi connectivity index (χ1v) is 10.6. The Hall–Kier alpha value is -2.44. The van der Waals surface area contributed by atoms with Gasteiger partial charge in [-0.2, -0.15) is 0 Å². The van der Waals surface area contributed by atoms with Gasteiger partial charge in [-0.25, -0.2) is 0 Å². The van der Waals surface area contributed by atoms with Crippen molar-refractivity contribution in [1.82, 2.24) is 0 Å². The second-order valence-electron chi connectivity index (χ2n) is 6.56. The predicted octanol–water partition coefficient (Wildman–Crippen LogP) is 5.02. The molecule has 0 radical (unpaired) electrons. The van der Waals surface area contributed by atoms with E-state index in [0.717, 1.165) is 23.1 Å². The molecule has 3 aromatic carbocycles. The van der Waals surface area contributed by atoms with Crippen molar-refractivity contribution in [2.45, 2.75) is 27.2 Å². The summed E-state index contributed by atoms with van der Waals surface area (Å²) in [6.07, 6.45) is 0.729. The summed E-state index contributed by atoms with van der Waals surface area (Å²) in [5.74, 6) is 0. The van der Waals surface area contributed by atoms with Gasteiger partial charge in [-0.1, -0.05) is 85.3 Å². The average molecular weight is 362 g/mol. The van der Waals surface area contributed by atoms with Gasteiger partial charge in [0.15, 0.2) is 0 Å². The molecule has 3 rings (SSSR count). The van der Waals surface area contributed by atoms with Crippen LogP contribution in [0.15, 0.2) is 72.8 Å². The van der Waals surface area contributed by atoms with Crippen molar-refractivity contribution in [3.63, 3.8) is 0 Å². The van der Waals surface area contributed by atoms with E-state index in [0.29, 0.717) is 16.2 Å². The number of hydrogen-bond donors (Lipinski definition) is 0. The summed E-state index contributed by atoms with van der Waals surface area (Å²) >= 11 is 0. The van der Waals surface area contributed by atoms with Crippen molar-refractivity contribution in [2.24, 2.45) is 0 Å². The fourth-order valence-electron chi connectivity index (χ4n) is 3.46. The summed E-state index contributed by atoms with van der Waals surface area (Å²) in [5.41, 5.74) is 3.29. The van der Waals surface area contributed by atoms with Crippen LogP contribution >= 0.6 is 7.14 Å². The Labute approximate surface area is 155 Å². The van der Waals surface area contributed by atoms with E-state index < -0.39 is 7.14 Å². The summed E-state index contributed by atoms with van der Waals surface area (Å²) in [5, 5.41) is 1.16. The van der Waals surface area contributed by atoms with Crippen LogP contribution in [0.2, 0.25) is 0 Å². The SMILES string of the molecule is CCc1cc(C)cc(C)c1C(=O)P(=O)(c1ccccc1)c1ccccc1. The van der Waals surface area contributed by atoms with E-state index >= 15 is 0 Å². The van der Waals surface area contributed by atoms with Gasteiger partial charge in [0.1, 0.15) is 0 Å². The molecule has 0 unspecified atom stereocenters. The Bertz CT molecular complexity index is 932. The second-order valence-corrected chi connectivity index (χ2v) is 9.21. The molecule has 0 saturated carbocycles. The fourth-order valence-corrected chi connectivity index (χ4v) is 6.04. The van der Waals surface area contributed by atoms with Crippen LogP contribution in [0, 0.1) is 13.8 Å². The normalized spacial score (nSPS) is 11.3. The largest absolute Gasteiger partial charge is 0.305 e. The van der Waals surface area contributed by atoms with E-state index in [4.69, 9.17) is 0 Å². The molecule has 0 spiro atoms. The first-order valence-electron chi connectivity index (χ1n) is 8.84. The lowest BCUT2D eigenvalue weighted by Gasteiger charge is -2.21. The highest BCUT2D eigenvalue weighted by Gasteiger charge is 2.38. The van der Waals surface area contributed by atoms with Crippen LogP contribution in [0.3, 0.4) is 0 Å². The van der Waals surface area contributed by atoms with Crippen molar-refractivity contribution >= 4 is 23.3 Å². The molecule has 3 heteroatoms. The van der Waals surface area contributed by atoms with E-state index in [9.17, 15) is 9.36 Å². The highest BCUT2D eigenvalue weighted by Crippen LogP contribution is 2.48. The Kier molecular flexibility index (Phi) is 5.25. The molecule has 3 aromatic rings. The molecular weight excluding hydrogens is 339 g/mol. The summed E-state index contributed by atoms with van der Waals surface area (Å²) in [4.78, 5) is 13.7. The number of aryl methyl sites for hydroxylation is 3. The van der Waals surface area contributed by atoms with Gasteiger partial charge in [0.05, 0.1) is 0 Å². The van der Waals surface area contributed by atoms with Crippen LogP contribution in [-0.2, 0) is 11.0 Å². The van der Waals surface area contributed by atoms with Crippen LogP contribution in [0.5, 0.6) is 0 Å². The molecular formula is C23H23O2P. The minimum absolute atomic E-state index is 0.274. The van der Waals surface area contributed by atoms with Crippen LogP contribution in [0.25, 0.3) is 0 Å². The zero-order valence-electron chi connectivity index (χ0n) is 15.4. The third kappa shape index (κ3) is 3.18. The summed E-state index contributed by atoms with van der Waals surface area (Å²) < 4.78 is 14.3. The zero-order chi connectivity index (χ0) is 18.7. The molecule has 0 aliphatic heterocycles. The van der Waals surface area contributed by atoms with Gasteiger partial charge in [-0.15, -0.1) is 0 Å².